The van der Waals surface area contributed by atoms with E-state index in [2.05, 4.69) is 5.43 Å². The lowest BCUT2D eigenvalue weighted by atomic mass is 10.4. The van der Waals surface area contributed by atoms with Gasteiger partial charge in [-0.15, -0.1) is 0 Å². The van der Waals surface area contributed by atoms with E-state index in [9.17, 15) is 13.6 Å². The van der Waals surface area contributed by atoms with Gasteiger partial charge < -0.3 is 0 Å². The van der Waals surface area contributed by atoms with Crippen LogP contribution in [0.1, 0.15) is 6.42 Å². The molecule has 0 aromatic rings. The molecule has 1 aliphatic carbocycles. The van der Waals surface area contributed by atoms with Crippen molar-refractivity contribution in [3.8, 4) is 0 Å². The van der Waals surface area contributed by atoms with Crippen molar-refractivity contribution in [2.75, 3.05) is 14.1 Å². The van der Waals surface area contributed by atoms with Crippen molar-refractivity contribution < 1.29 is 13.6 Å². The maximum Gasteiger partial charge on any atom is 0.260 e. The number of rotatable bonds is 2. The summed E-state index contributed by atoms with van der Waals surface area (Å²) in [4.78, 5) is 10.9. The van der Waals surface area contributed by atoms with Crippen molar-refractivity contribution in [1.82, 2.24) is 10.4 Å². The normalized spacial score (nSPS) is 26.4. The molecule has 0 saturated heterocycles. The zero-order chi connectivity index (χ0) is 8.65. The third-order valence-corrected chi connectivity index (χ3v) is 1.79. The van der Waals surface area contributed by atoms with E-state index >= 15 is 0 Å². The number of hydrazine groups is 1. The molecule has 1 atom stereocenters. The van der Waals surface area contributed by atoms with Gasteiger partial charge in [-0.1, -0.05) is 0 Å². The second-order valence-electron chi connectivity index (χ2n) is 2.64. The van der Waals surface area contributed by atoms with Gasteiger partial charge in [0.15, 0.2) is 0 Å². The van der Waals surface area contributed by atoms with Crippen molar-refractivity contribution in [3.63, 3.8) is 0 Å². The van der Waals surface area contributed by atoms with Crippen LogP contribution >= 0.6 is 0 Å². The molecule has 11 heavy (non-hydrogen) atoms. The van der Waals surface area contributed by atoms with Gasteiger partial charge in [0, 0.05) is 20.5 Å². The van der Waals surface area contributed by atoms with Gasteiger partial charge in [-0.3, -0.25) is 9.80 Å². The number of hydrogen-bond donors (Lipinski definition) is 1. The van der Waals surface area contributed by atoms with Crippen LogP contribution in [0.3, 0.4) is 0 Å². The fourth-order valence-corrected chi connectivity index (χ4v) is 0.825. The lowest BCUT2D eigenvalue weighted by Crippen LogP contribution is -2.38. The van der Waals surface area contributed by atoms with Crippen molar-refractivity contribution in [1.29, 1.82) is 0 Å². The first-order valence-corrected chi connectivity index (χ1v) is 3.32. The summed E-state index contributed by atoms with van der Waals surface area (Å²) in [5.41, 5.74) is 2.47. The Hall–Kier alpha value is -0.710. The first kappa shape index (κ1) is 8.39. The predicted molar refractivity (Wildman–Crippen MR) is 34.9 cm³/mol. The summed E-state index contributed by atoms with van der Waals surface area (Å²) < 4.78 is 24.5. The van der Waals surface area contributed by atoms with Gasteiger partial charge in [0.1, 0.15) is 5.92 Å². The Morgan fingerprint density at radius 2 is 2.18 bits per heavy atom. The van der Waals surface area contributed by atoms with Crippen molar-refractivity contribution >= 4 is 5.91 Å². The molecule has 1 rings (SSSR count). The van der Waals surface area contributed by atoms with Crippen molar-refractivity contribution in [2.24, 2.45) is 5.92 Å². The van der Waals surface area contributed by atoms with Crippen LogP contribution in [-0.2, 0) is 4.79 Å². The molecule has 1 saturated carbocycles. The Morgan fingerprint density at radius 1 is 1.73 bits per heavy atom. The third-order valence-electron chi connectivity index (χ3n) is 1.79. The maximum atomic E-state index is 12.3. The molecule has 0 aliphatic heterocycles. The Bertz CT molecular complexity index is 183. The molecule has 0 spiro atoms. The largest absolute Gasteiger partial charge is 0.281 e. The highest BCUT2D eigenvalue weighted by Gasteiger charge is 2.62. The fraction of sp³-hybridized carbons (Fsp3) is 0.833. The quantitative estimate of drug-likeness (QED) is 0.593. The van der Waals surface area contributed by atoms with Gasteiger partial charge in [-0.05, 0) is 0 Å². The van der Waals surface area contributed by atoms with Gasteiger partial charge >= 0.3 is 0 Å². The summed E-state index contributed by atoms with van der Waals surface area (Å²) in [6.07, 6.45) is -0.308. The van der Waals surface area contributed by atoms with E-state index < -0.39 is 17.7 Å². The predicted octanol–water partition coefficient (Wildman–Crippen LogP) is 0.234. The highest BCUT2D eigenvalue weighted by atomic mass is 19.3. The number of amides is 1. The molecular weight excluding hydrogens is 154 g/mol. The molecule has 5 heteroatoms. The van der Waals surface area contributed by atoms with E-state index in [4.69, 9.17) is 0 Å². The van der Waals surface area contributed by atoms with Crippen LogP contribution in [0.25, 0.3) is 0 Å². The van der Waals surface area contributed by atoms with E-state index in [0.29, 0.717) is 0 Å². The summed E-state index contributed by atoms with van der Waals surface area (Å²) in [5, 5.41) is 1.07. The van der Waals surface area contributed by atoms with E-state index in [1.54, 1.807) is 0 Å². The average Bonchev–Trinajstić information content (AvgIpc) is 2.56. The zero-order valence-electron chi connectivity index (χ0n) is 6.40. The van der Waals surface area contributed by atoms with E-state index in [1.807, 2.05) is 0 Å². The van der Waals surface area contributed by atoms with Crippen molar-refractivity contribution in [3.05, 3.63) is 0 Å². The van der Waals surface area contributed by atoms with Crippen LogP contribution in [0.5, 0.6) is 0 Å². The van der Waals surface area contributed by atoms with Crippen LogP contribution in [0.4, 0.5) is 8.78 Å². The Morgan fingerprint density at radius 3 is 2.45 bits per heavy atom. The molecule has 1 N–H and O–H groups in total. The molecule has 3 nitrogen and oxygen atoms in total. The van der Waals surface area contributed by atoms with Gasteiger partial charge in [-0.2, -0.15) is 0 Å². The average molecular weight is 164 g/mol. The molecule has 1 unspecified atom stereocenters. The standard InChI is InChI=1S/C6H10F2N2O/c1-9-10(2)5(11)4-3-6(4,7)8/h4,9H,3H2,1-2H3. The first-order chi connectivity index (χ1) is 4.99. The molecule has 1 aliphatic rings. The molecule has 0 radical (unpaired) electrons. The number of nitrogens with one attached hydrogen (secondary N) is 1. The first-order valence-electron chi connectivity index (χ1n) is 3.32. The Kier molecular flexibility index (Phi) is 1.83. The number of hydrogen-bond acceptors (Lipinski definition) is 2. The summed E-state index contributed by atoms with van der Waals surface area (Å²) in [5.74, 6) is -4.40. The molecule has 64 valence electrons. The molecular formula is C6H10F2N2O. The SMILES string of the molecule is CNN(C)C(=O)C1CC1(F)F. The fourth-order valence-electron chi connectivity index (χ4n) is 0.825. The van der Waals surface area contributed by atoms with E-state index in [1.165, 1.54) is 14.1 Å². The van der Waals surface area contributed by atoms with Crippen LogP contribution < -0.4 is 5.43 Å². The minimum Gasteiger partial charge on any atom is -0.281 e. The molecule has 0 aromatic heterocycles. The Labute approximate surface area is 63.3 Å². The monoisotopic (exact) mass is 164 g/mol. The number of alkyl halides is 2. The zero-order valence-corrected chi connectivity index (χ0v) is 6.40. The van der Waals surface area contributed by atoms with Crippen LogP contribution in [0.2, 0.25) is 0 Å². The number of nitrogens with zero attached hydrogens (tertiary/aromatic N) is 1. The smallest absolute Gasteiger partial charge is 0.260 e. The number of carbonyl (C=O) groups excluding carboxylic acids is 1. The van der Waals surface area contributed by atoms with Gasteiger partial charge in [0.05, 0.1) is 0 Å². The summed E-state index contributed by atoms with van der Waals surface area (Å²) in [7, 11) is 2.94. The Balaban J connectivity index is 2.46. The summed E-state index contributed by atoms with van der Waals surface area (Å²) in [6, 6.07) is 0. The molecule has 0 aromatic carbocycles. The minimum absolute atomic E-state index is 0.308. The van der Waals surface area contributed by atoms with E-state index in [0.717, 1.165) is 5.01 Å². The minimum atomic E-state index is -2.76. The summed E-state index contributed by atoms with van der Waals surface area (Å²) in [6.45, 7) is 0. The topological polar surface area (TPSA) is 32.3 Å². The number of carbonyl (C=O) groups is 1. The maximum absolute atomic E-state index is 12.3. The van der Waals surface area contributed by atoms with E-state index in [-0.39, 0.29) is 6.42 Å². The summed E-state index contributed by atoms with van der Waals surface area (Å²) >= 11 is 0. The molecule has 1 amide bonds. The van der Waals surface area contributed by atoms with Gasteiger partial charge in [0.2, 0.25) is 5.91 Å². The molecule has 0 bridgehead atoms. The second kappa shape index (κ2) is 2.41. The van der Waals surface area contributed by atoms with Gasteiger partial charge in [0.25, 0.3) is 5.92 Å². The van der Waals surface area contributed by atoms with Crippen LogP contribution in [-0.4, -0.2) is 30.9 Å². The lowest BCUT2D eigenvalue weighted by Gasteiger charge is -2.14. The highest BCUT2D eigenvalue weighted by Crippen LogP contribution is 2.49. The van der Waals surface area contributed by atoms with Crippen LogP contribution in [0, 0.1) is 5.92 Å². The third kappa shape index (κ3) is 1.48. The lowest BCUT2D eigenvalue weighted by molar-refractivity contribution is -0.135. The number of halogens is 2. The molecule has 0 heterocycles. The second-order valence-corrected chi connectivity index (χ2v) is 2.64. The van der Waals surface area contributed by atoms with Crippen LogP contribution in [0.15, 0.2) is 0 Å². The van der Waals surface area contributed by atoms with Gasteiger partial charge in [-0.25, -0.2) is 14.2 Å². The molecule has 1 fully saturated rings. The highest BCUT2D eigenvalue weighted by molar-refractivity contribution is 5.82. The van der Waals surface area contributed by atoms with Crippen molar-refractivity contribution in [2.45, 2.75) is 12.3 Å².